The second kappa shape index (κ2) is 6.81. The van der Waals surface area contributed by atoms with Crippen molar-refractivity contribution in [2.24, 2.45) is 0 Å². The van der Waals surface area contributed by atoms with Gasteiger partial charge in [0.05, 0.1) is 5.02 Å². The smallest absolute Gasteiger partial charge is 0.265 e. The molecule has 1 aliphatic rings. The first-order chi connectivity index (χ1) is 11.0. The van der Waals surface area contributed by atoms with Crippen molar-refractivity contribution < 1.29 is 9.53 Å². The molecule has 0 saturated carbocycles. The Morgan fingerprint density at radius 2 is 1.91 bits per heavy atom. The number of hydrogen-bond acceptors (Lipinski definition) is 2. The highest BCUT2D eigenvalue weighted by Gasteiger charge is 2.18. The SMILES string of the molecule is C[C@H](Oc1ccc(Cl)cc1Cl)C(=O)Nc1ccc2c(c1)CCC2. The summed E-state index contributed by atoms with van der Waals surface area (Å²) in [7, 11) is 0. The molecule has 23 heavy (non-hydrogen) atoms. The minimum Gasteiger partial charge on any atom is -0.479 e. The monoisotopic (exact) mass is 349 g/mol. The van der Waals surface area contributed by atoms with Crippen molar-refractivity contribution in [3.8, 4) is 5.75 Å². The molecular formula is C18H17Cl2NO2. The van der Waals surface area contributed by atoms with Gasteiger partial charge in [0.25, 0.3) is 5.91 Å². The molecule has 5 heteroatoms. The zero-order chi connectivity index (χ0) is 16.4. The molecule has 1 amide bonds. The Morgan fingerprint density at radius 3 is 2.70 bits per heavy atom. The lowest BCUT2D eigenvalue weighted by Crippen LogP contribution is -2.30. The summed E-state index contributed by atoms with van der Waals surface area (Å²) in [6.07, 6.45) is 2.72. The van der Waals surface area contributed by atoms with Gasteiger partial charge in [-0.05, 0) is 67.6 Å². The number of carbonyl (C=O) groups excluding carboxylic acids is 1. The summed E-state index contributed by atoms with van der Waals surface area (Å²) < 4.78 is 5.62. The molecule has 3 rings (SSSR count). The molecule has 0 bridgehead atoms. The molecule has 2 aromatic carbocycles. The molecule has 0 spiro atoms. The lowest BCUT2D eigenvalue weighted by atomic mass is 10.1. The summed E-state index contributed by atoms with van der Waals surface area (Å²) in [6, 6.07) is 11.0. The van der Waals surface area contributed by atoms with E-state index in [9.17, 15) is 4.79 Å². The molecule has 1 aliphatic carbocycles. The van der Waals surface area contributed by atoms with E-state index in [-0.39, 0.29) is 5.91 Å². The van der Waals surface area contributed by atoms with E-state index in [4.69, 9.17) is 27.9 Å². The topological polar surface area (TPSA) is 38.3 Å². The van der Waals surface area contributed by atoms with Gasteiger partial charge in [-0.15, -0.1) is 0 Å². The summed E-state index contributed by atoms with van der Waals surface area (Å²) in [4.78, 5) is 12.3. The standard InChI is InChI=1S/C18H17Cl2NO2/c1-11(23-17-8-6-14(19)10-16(17)20)18(22)21-15-7-5-12-3-2-4-13(12)9-15/h5-11H,2-4H2,1H3,(H,21,22)/t11-/m0/s1. The Labute approximate surface area is 145 Å². The van der Waals surface area contributed by atoms with E-state index < -0.39 is 6.10 Å². The van der Waals surface area contributed by atoms with Crippen LogP contribution in [0.4, 0.5) is 5.69 Å². The lowest BCUT2D eigenvalue weighted by Gasteiger charge is -2.16. The third-order valence-corrected chi connectivity index (χ3v) is 4.46. The molecule has 3 nitrogen and oxygen atoms in total. The van der Waals surface area contributed by atoms with Crippen LogP contribution in [0.1, 0.15) is 24.5 Å². The molecule has 120 valence electrons. The first-order valence-electron chi connectivity index (χ1n) is 7.57. The third-order valence-electron chi connectivity index (χ3n) is 3.93. The van der Waals surface area contributed by atoms with Gasteiger partial charge in [-0.3, -0.25) is 4.79 Å². The molecule has 0 radical (unpaired) electrons. The van der Waals surface area contributed by atoms with Gasteiger partial charge < -0.3 is 10.1 Å². The second-order valence-electron chi connectivity index (χ2n) is 5.66. The van der Waals surface area contributed by atoms with Crippen LogP contribution in [0.3, 0.4) is 0 Å². The Balaban J connectivity index is 1.65. The number of fused-ring (bicyclic) bond motifs is 1. The van der Waals surface area contributed by atoms with Crippen molar-refractivity contribution in [3.05, 3.63) is 57.6 Å². The van der Waals surface area contributed by atoms with E-state index in [2.05, 4.69) is 11.4 Å². The number of carbonyl (C=O) groups is 1. The summed E-state index contributed by atoms with van der Waals surface area (Å²) in [5.74, 6) is 0.224. The van der Waals surface area contributed by atoms with Crippen LogP contribution >= 0.6 is 23.2 Å². The highest BCUT2D eigenvalue weighted by atomic mass is 35.5. The van der Waals surface area contributed by atoms with E-state index in [1.165, 1.54) is 17.5 Å². The molecule has 1 atom stereocenters. The summed E-state index contributed by atoms with van der Waals surface area (Å²) in [5, 5.41) is 3.80. The van der Waals surface area contributed by atoms with Gasteiger partial charge in [0.1, 0.15) is 5.75 Å². The summed E-state index contributed by atoms with van der Waals surface area (Å²) >= 11 is 11.9. The van der Waals surface area contributed by atoms with E-state index in [0.29, 0.717) is 15.8 Å². The first-order valence-corrected chi connectivity index (χ1v) is 8.33. The normalized spacial score (nSPS) is 14.2. The number of hydrogen-bond donors (Lipinski definition) is 1. The fourth-order valence-electron chi connectivity index (χ4n) is 2.71. The average Bonchev–Trinajstić information content (AvgIpc) is 2.97. The molecule has 0 aliphatic heterocycles. The number of aryl methyl sites for hydroxylation is 2. The van der Waals surface area contributed by atoms with Gasteiger partial charge in [0.15, 0.2) is 6.10 Å². The fourth-order valence-corrected chi connectivity index (χ4v) is 3.16. The fraction of sp³-hybridized carbons (Fsp3) is 0.278. The van der Waals surface area contributed by atoms with Crippen LogP contribution < -0.4 is 10.1 Å². The molecule has 0 unspecified atom stereocenters. The minimum atomic E-state index is -0.665. The summed E-state index contributed by atoms with van der Waals surface area (Å²) in [5.41, 5.74) is 3.49. The second-order valence-corrected chi connectivity index (χ2v) is 6.50. The maximum atomic E-state index is 12.3. The molecule has 1 N–H and O–H groups in total. The van der Waals surface area contributed by atoms with Crippen molar-refractivity contribution in [1.82, 2.24) is 0 Å². The van der Waals surface area contributed by atoms with Crippen LogP contribution in [0.15, 0.2) is 36.4 Å². The number of anilines is 1. The first kappa shape index (κ1) is 16.2. The maximum absolute atomic E-state index is 12.3. The molecule has 0 fully saturated rings. The van der Waals surface area contributed by atoms with Crippen molar-refractivity contribution in [1.29, 1.82) is 0 Å². The quantitative estimate of drug-likeness (QED) is 0.853. The van der Waals surface area contributed by atoms with E-state index in [0.717, 1.165) is 18.5 Å². The Hall–Kier alpha value is -1.71. The van der Waals surface area contributed by atoms with Gasteiger partial charge in [-0.2, -0.15) is 0 Å². The van der Waals surface area contributed by atoms with Crippen LogP contribution in [0.5, 0.6) is 5.75 Å². The molecule has 0 aromatic heterocycles. The molecule has 0 saturated heterocycles. The van der Waals surface area contributed by atoms with Crippen LogP contribution in [0.25, 0.3) is 0 Å². The van der Waals surface area contributed by atoms with E-state index in [1.54, 1.807) is 25.1 Å². The number of halogens is 2. The van der Waals surface area contributed by atoms with Crippen molar-refractivity contribution >= 4 is 34.8 Å². The lowest BCUT2D eigenvalue weighted by molar-refractivity contribution is -0.122. The number of benzene rings is 2. The number of amides is 1. The van der Waals surface area contributed by atoms with E-state index in [1.807, 2.05) is 12.1 Å². The van der Waals surface area contributed by atoms with Gasteiger partial charge in [-0.1, -0.05) is 29.3 Å². The number of nitrogens with one attached hydrogen (secondary N) is 1. The predicted molar refractivity (Wildman–Crippen MR) is 93.6 cm³/mol. The Bertz CT molecular complexity index is 746. The predicted octanol–water partition coefficient (Wildman–Crippen LogP) is 4.89. The van der Waals surface area contributed by atoms with Gasteiger partial charge >= 0.3 is 0 Å². The van der Waals surface area contributed by atoms with Gasteiger partial charge in [0.2, 0.25) is 0 Å². The molecule has 2 aromatic rings. The van der Waals surface area contributed by atoms with Gasteiger partial charge in [0, 0.05) is 10.7 Å². The third kappa shape index (κ3) is 3.80. The van der Waals surface area contributed by atoms with Crippen molar-refractivity contribution in [2.45, 2.75) is 32.3 Å². The Kier molecular flexibility index (Phi) is 4.79. The highest BCUT2D eigenvalue weighted by Crippen LogP contribution is 2.29. The maximum Gasteiger partial charge on any atom is 0.265 e. The van der Waals surface area contributed by atoms with Crippen LogP contribution in [-0.4, -0.2) is 12.0 Å². The number of rotatable bonds is 4. The van der Waals surface area contributed by atoms with Crippen LogP contribution in [0.2, 0.25) is 10.0 Å². The highest BCUT2D eigenvalue weighted by molar-refractivity contribution is 6.35. The zero-order valence-electron chi connectivity index (χ0n) is 12.7. The summed E-state index contributed by atoms with van der Waals surface area (Å²) in [6.45, 7) is 1.69. The molecule has 0 heterocycles. The average molecular weight is 350 g/mol. The zero-order valence-corrected chi connectivity index (χ0v) is 14.2. The van der Waals surface area contributed by atoms with Crippen LogP contribution in [0, 0.1) is 0 Å². The van der Waals surface area contributed by atoms with E-state index >= 15 is 0 Å². The van der Waals surface area contributed by atoms with Gasteiger partial charge in [-0.25, -0.2) is 0 Å². The Morgan fingerprint density at radius 1 is 1.13 bits per heavy atom. The minimum absolute atomic E-state index is 0.214. The van der Waals surface area contributed by atoms with Crippen LogP contribution in [-0.2, 0) is 17.6 Å². The number of ether oxygens (including phenoxy) is 1. The molecular weight excluding hydrogens is 333 g/mol. The van der Waals surface area contributed by atoms with Crippen molar-refractivity contribution in [3.63, 3.8) is 0 Å². The van der Waals surface area contributed by atoms with Crippen molar-refractivity contribution in [2.75, 3.05) is 5.32 Å². The largest absolute Gasteiger partial charge is 0.479 e.